The van der Waals surface area contributed by atoms with E-state index in [9.17, 15) is 9.59 Å². The normalized spacial score (nSPS) is 15.2. The summed E-state index contributed by atoms with van der Waals surface area (Å²) in [5, 5.41) is 5.87. The van der Waals surface area contributed by atoms with Crippen molar-refractivity contribution in [2.45, 2.75) is 18.8 Å². The topological polar surface area (TPSA) is 84.2 Å². The number of carbonyl (C=O) groups excluding carboxylic acids is 2. The Kier molecular flexibility index (Phi) is 5.42. The lowest BCUT2D eigenvalue weighted by Crippen LogP contribution is -2.30. The molecule has 0 bridgehead atoms. The molecule has 1 amide bonds. The SMILES string of the molecule is O=C(CNC(=O)c1coc(C2CCNCC2)n1)c1ccc(Br)cc1. The lowest BCUT2D eigenvalue weighted by molar-refractivity contribution is 0.0900. The Bertz CT molecular complexity index is 721. The number of hydrogen-bond donors (Lipinski definition) is 2. The molecule has 1 aliphatic rings. The average Bonchev–Trinajstić information content (AvgIpc) is 3.11. The number of benzene rings is 1. The Morgan fingerprint density at radius 2 is 1.96 bits per heavy atom. The van der Waals surface area contributed by atoms with Gasteiger partial charge in [-0.2, -0.15) is 0 Å². The summed E-state index contributed by atoms with van der Waals surface area (Å²) >= 11 is 3.32. The molecule has 2 heterocycles. The molecule has 2 aromatic rings. The van der Waals surface area contributed by atoms with Crippen LogP contribution in [0.15, 0.2) is 39.4 Å². The van der Waals surface area contributed by atoms with Crippen LogP contribution in [0.3, 0.4) is 0 Å². The molecule has 0 spiro atoms. The van der Waals surface area contributed by atoms with Gasteiger partial charge in [-0.05, 0) is 38.1 Å². The first-order valence-corrected chi connectivity index (χ1v) is 8.66. The summed E-state index contributed by atoms with van der Waals surface area (Å²) < 4.78 is 6.34. The van der Waals surface area contributed by atoms with E-state index in [2.05, 4.69) is 31.5 Å². The maximum atomic E-state index is 12.1. The van der Waals surface area contributed by atoms with Gasteiger partial charge in [0.05, 0.1) is 6.54 Å². The lowest BCUT2D eigenvalue weighted by Gasteiger charge is -2.19. The summed E-state index contributed by atoms with van der Waals surface area (Å²) in [6.07, 6.45) is 3.25. The number of nitrogens with one attached hydrogen (secondary N) is 2. The minimum absolute atomic E-state index is 0.0734. The maximum absolute atomic E-state index is 12.1. The summed E-state index contributed by atoms with van der Waals surface area (Å²) in [5.41, 5.74) is 0.765. The van der Waals surface area contributed by atoms with Crippen molar-refractivity contribution in [2.75, 3.05) is 19.6 Å². The molecule has 0 saturated carbocycles. The molecule has 24 heavy (non-hydrogen) atoms. The van der Waals surface area contributed by atoms with Gasteiger partial charge in [0.1, 0.15) is 6.26 Å². The molecule has 1 aromatic carbocycles. The number of hydrogen-bond acceptors (Lipinski definition) is 5. The van der Waals surface area contributed by atoms with Crippen LogP contribution in [0.2, 0.25) is 0 Å². The van der Waals surface area contributed by atoms with Crippen LogP contribution >= 0.6 is 15.9 Å². The Labute approximate surface area is 148 Å². The average molecular weight is 392 g/mol. The third-order valence-electron chi connectivity index (χ3n) is 4.02. The number of Topliss-reactive ketones (excluding diaryl/α,β-unsaturated/α-hetero) is 1. The van der Waals surface area contributed by atoms with E-state index in [0.29, 0.717) is 11.5 Å². The standard InChI is InChI=1S/C17H18BrN3O3/c18-13-3-1-11(2-4-13)15(22)9-20-16(23)14-10-24-17(21-14)12-5-7-19-8-6-12/h1-4,10,12,19H,5-9H2,(H,20,23). The molecule has 3 rings (SSSR count). The fourth-order valence-electron chi connectivity index (χ4n) is 2.64. The molecule has 1 saturated heterocycles. The van der Waals surface area contributed by atoms with Gasteiger partial charge in [-0.15, -0.1) is 0 Å². The molecule has 1 fully saturated rings. The lowest BCUT2D eigenvalue weighted by atomic mass is 9.98. The highest BCUT2D eigenvalue weighted by atomic mass is 79.9. The summed E-state index contributed by atoms with van der Waals surface area (Å²) in [6.45, 7) is 1.78. The molecule has 6 nitrogen and oxygen atoms in total. The zero-order valence-corrected chi connectivity index (χ0v) is 14.6. The second kappa shape index (κ2) is 7.72. The third-order valence-corrected chi connectivity index (χ3v) is 4.55. The van der Waals surface area contributed by atoms with Crippen molar-refractivity contribution in [3.63, 3.8) is 0 Å². The van der Waals surface area contributed by atoms with Crippen molar-refractivity contribution in [3.8, 4) is 0 Å². The second-order valence-corrected chi connectivity index (χ2v) is 6.62. The van der Waals surface area contributed by atoms with Crippen LogP contribution in [0.5, 0.6) is 0 Å². The van der Waals surface area contributed by atoms with Crippen molar-refractivity contribution in [3.05, 3.63) is 52.1 Å². The molecule has 0 radical (unpaired) electrons. The van der Waals surface area contributed by atoms with E-state index in [-0.39, 0.29) is 23.9 Å². The van der Waals surface area contributed by atoms with Crippen LogP contribution in [0, 0.1) is 0 Å². The Morgan fingerprint density at radius 3 is 2.67 bits per heavy atom. The van der Waals surface area contributed by atoms with Gasteiger partial charge in [0, 0.05) is 16.0 Å². The number of aromatic nitrogens is 1. The fourth-order valence-corrected chi connectivity index (χ4v) is 2.90. The minimum Gasteiger partial charge on any atom is -0.448 e. The monoisotopic (exact) mass is 391 g/mol. The van der Waals surface area contributed by atoms with Gasteiger partial charge in [0.15, 0.2) is 17.4 Å². The zero-order valence-electron chi connectivity index (χ0n) is 13.0. The molecule has 0 aliphatic carbocycles. The number of piperidine rings is 1. The number of amides is 1. The Morgan fingerprint density at radius 1 is 1.25 bits per heavy atom. The van der Waals surface area contributed by atoms with E-state index in [0.717, 1.165) is 30.4 Å². The molecular weight excluding hydrogens is 374 g/mol. The van der Waals surface area contributed by atoms with Gasteiger partial charge in [-0.3, -0.25) is 9.59 Å². The van der Waals surface area contributed by atoms with Crippen LogP contribution in [0.1, 0.15) is 45.5 Å². The van der Waals surface area contributed by atoms with Gasteiger partial charge in [0.25, 0.3) is 5.91 Å². The molecule has 0 atom stereocenters. The van der Waals surface area contributed by atoms with E-state index in [1.54, 1.807) is 24.3 Å². The van der Waals surface area contributed by atoms with E-state index in [1.165, 1.54) is 6.26 Å². The van der Waals surface area contributed by atoms with Crippen molar-refractivity contribution < 1.29 is 14.0 Å². The van der Waals surface area contributed by atoms with Crippen LogP contribution in [-0.4, -0.2) is 36.3 Å². The molecule has 1 aromatic heterocycles. The smallest absolute Gasteiger partial charge is 0.273 e. The number of ketones is 1. The summed E-state index contributed by atoms with van der Waals surface area (Å²) in [5.74, 6) is 0.292. The largest absolute Gasteiger partial charge is 0.448 e. The molecular formula is C17H18BrN3O3. The highest BCUT2D eigenvalue weighted by Crippen LogP contribution is 2.24. The van der Waals surface area contributed by atoms with Crippen LogP contribution in [0.4, 0.5) is 0 Å². The molecule has 1 aliphatic heterocycles. The first-order valence-electron chi connectivity index (χ1n) is 7.86. The minimum atomic E-state index is -0.399. The van der Waals surface area contributed by atoms with Crippen molar-refractivity contribution in [1.29, 1.82) is 0 Å². The summed E-state index contributed by atoms with van der Waals surface area (Å²) in [4.78, 5) is 28.5. The quantitative estimate of drug-likeness (QED) is 0.764. The van der Waals surface area contributed by atoms with Gasteiger partial charge in [-0.1, -0.05) is 28.1 Å². The Hall–Kier alpha value is -1.99. The summed E-state index contributed by atoms with van der Waals surface area (Å²) in [7, 11) is 0. The van der Waals surface area contributed by atoms with Crippen molar-refractivity contribution >= 4 is 27.6 Å². The van der Waals surface area contributed by atoms with Gasteiger partial charge in [-0.25, -0.2) is 4.98 Å². The number of nitrogens with zero attached hydrogens (tertiary/aromatic N) is 1. The number of oxazole rings is 1. The van der Waals surface area contributed by atoms with E-state index in [1.807, 2.05) is 0 Å². The Balaban J connectivity index is 1.56. The van der Waals surface area contributed by atoms with Gasteiger partial charge >= 0.3 is 0 Å². The fraction of sp³-hybridized carbons (Fsp3) is 0.353. The highest BCUT2D eigenvalue weighted by molar-refractivity contribution is 9.10. The van der Waals surface area contributed by atoms with Crippen LogP contribution in [0.25, 0.3) is 0 Å². The zero-order chi connectivity index (χ0) is 16.9. The number of carbonyl (C=O) groups is 2. The predicted molar refractivity (Wildman–Crippen MR) is 92.2 cm³/mol. The van der Waals surface area contributed by atoms with Gasteiger partial charge in [0.2, 0.25) is 0 Å². The molecule has 7 heteroatoms. The first-order chi connectivity index (χ1) is 11.6. The molecule has 2 N–H and O–H groups in total. The predicted octanol–water partition coefficient (Wildman–Crippen LogP) is 2.52. The molecule has 126 valence electrons. The second-order valence-electron chi connectivity index (χ2n) is 5.71. The van der Waals surface area contributed by atoms with Crippen molar-refractivity contribution in [2.24, 2.45) is 0 Å². The number of rotatable bonds is 5. The molecule has 0 unspecified atom stereocenters. The maximum Gasteiger partial charge on any atom is 0.273 e. The third kappa shape index (κ3) is 4.10. The van der Waals surface area contributed by atoms with Crippen molar-refractivity contribution in [1.82, 2.24) is 15.6 Å². The first kappa shape index (κ1) is 16.9. The number of halogens is 1. The van der Waals surface area contributed by atoms with E-state index in [4.69, 9.17) is 4.42 Å². The van der Waals surface area contributed by atoms with E-state index >= 15 is 0 Å². The summed E-state index contributed by atoms with van der Waals surface area (Å²) in [6, 6.07) is 7.00. The van der Waals surface area contributed by atoms with Crippen LogP contribution in [-0.2, 0) is 0 Å². The van der Waals surface area contributed by atoms with E-state index < -0.39 is 5.91 Å². The highest BCUT2D eigenvalue weighted by Gasteiger charge is 2.22. The van der Waals surface area contributed by atoms with Crippen LogP contribution < -0.4 is 10.6 Å². The van der Waals surface area contributed by atoms with Gasteiger partial charge < -0.3 is 15.1 Å².